The Morgan fingerprint density at radius 2 is 2.04 bits per heavy atom. The monoisotopic (exact) mass is 374 g/mol. The van der Waals surface area contributed by atoms with Crippen LogP contribution < -0.4 is 21.5 Å². The van der Waals surface area contributed by atoms with E-state index in [9.17, 15) is 4.79 Å². The van der Waals surface area contributed by atoms with Crippen LogP contribution in [-0.2, 0) is 17.8 Å². The number of nitrogens with two attached hydrogens (primary N) is 2. The van der Waals surface area contributed by atoms with Gasteiger partial charge < -0.3 is 26.3 Å². The van der Waals surface area contributed by atoms with E-state index in [0.717, 1.165) is 11.1 Å². The summed E-state index contributed by atoms with van der Waals surface area (Å²) in [5, 5.41) is 14.6. The van der Waals surface area contributed by atoms with Gasteiger partial charge in [0.15, 0.2) is 0 Å². The Balaban J connectivity index is 2.04. The van der Waals surface area contributed by atoms with Crippen molar-refractivity contribution in [2.45, 2.75) is 39.5 Å². The van der Waals surface area contributed by atoms with Gasteiger partial charge in [-0.15, -0.1) is 0 Å². The largest absolute Gasteiger partial charge is 0.496 e. The van der Waals surface area contributed by atoms with E-state index >= 15 is 0 Å². The second kappa shape index (κ2) is 7.98. The molecule has 1 aromatic carbocycles. The number of nitrogen functional groups attached to an aromatic ring is 2. The first-order valence-electron chi connectivity index (χ1n) is 8.38. The van der Waals surface area contributed by atoms with Crippen molar-refractivity contribution in [2.75, 3.05) is 12.8 Å². The van der Waals surface area contributed by atoms with E-state index in [1.807, 2.05) is 27.0 Å². The summed E-state index contributed by atoms with van der Waals surface area (Å²) in [6.45, 7) is 6.18. The van der Waals surface area contributed by atoms with Gasteiger partial charge in [0.2, 0.25) is 0 Å². The molecule has 6 N–H and O–H groups in total. The van der Waals surface area contributed by atoms with Gasteiger partial charge >= 0.3 is 6.09 Å². The number of nitrogens with zero attached hydrogens (tertiary/aromatic N) is 2. The standard InChI is InChI=1S/C18H26N6O3/c1-18(2,3)27-17(25)22-7-12-8-23-24(10-12)9-11-5-13(19)15(16(20)21)14(6-11)26-4/h5-6,8,10H,7,9,19H2,1-4H3,(H3,20,21)(H,22,25). The number of carbonyl (C=O) groups excluding carboxylic acids is 1. The number of aromatic nitrogens is 2. The minimum absolute atomic E-state index is 0.148. The van der Waals surface area contributed by atoms with Gasteiger partial charge in [-0.25, -0.2) is 4.79 Å². The van der Waals surface area contributed by atoms with Crippen molar-refractivity contribution in [2.24, 2.45) is 5.73 Å². The third-order valence-corrected chi connectivity index (χ3v) is 3.55. The van der Waals surface area contributed by atoms with Gasteiger partial charge in [-0.3, -0.25) is 10.1 Å². The van der Waals surface area contributed by atoms with Crippen LogP contribution in [0.5, 0.6) is 5.75 Å². The predicted octanol–water partition coefficient (Wildman–Crippen LogP) is 1.83. The first-order chi connectivity index (χ1) is 12.6. The lowest BCUT2D eigenvalue weighted by atomic mass is 10.1. The molecular weight excluding hydrogens is 348 g/mol. The van der Waals surface area contributed by atoms with E-state index in [1.165, 1.54) is 7.11 Å². The van der Waals surface area contributed by atoms with Crippen LogP contribution in [-0.4, -0.2) is 34.4 Å². The second-order valence-corrected chi connectivity index (χ2v) is 7.08. The number of ether oxygens (including phenoxy) is 2. The second-order valence-electron chi connectivity index (χ2n) is 7.08. The number of amides is 1. The number of hydrogen-bond donors (Lipinski definition) is 4. The summed E-state index contributed by atoms with van der Waals surface area (Å²) in [5.74, 6) is 0.293. The van der Waals surface area contributed by atoms with Crippen LogP contribution in [0.4, 0.5) is 10.5 Å². The average molecular weight is 374 g/mol. The number of alkyl carbamates (subject to hydrolysis) is 1. The highest BCUT2D eigenvalue weighted by Gasteiger charge is 2.16. The van der Waals surface area contributed by atoms with E-state index < -0.39 is 11.7 Å². The van der Waals surface area contributed by atoms with Crippen LogP contribution in [0.15, 0.2) is 24.5 Å². The van der Waals surface area contributed by atoms with Crippen LogP contribution in [0.25, 0.3) is 0 Å². The van der Waals surface area contributed by atoms with Gasteiger partial charge in [-0.1, -0.05) is 0 Å². The van der Waals surface area contributed by atoms with Crippen molar-refractivity contribution < 1.29 is 14.3 Å². The lowest BCUT2D eigenvalue weighted by Gasteiger charge is -2.19. The van der Waals surface area contributed by atoms with Crippen LogP contribution in [0, 0.1) is 5.41 Å². The Hall–Kier alpha value is -3.23. The molecule has 0 aliphatic heterocycles. The molecule has 2 rings (SSSR count). The van der Waals surface area contributed by atoms with Crippen LogP contribution in [0.2, 0.25) is 0 Å². The van der Waals surface area contributed by atoms with Crippen LogP contribution >= 0.6 is 0 Å². The van der Waals surface area contributed by atoms with Gasteiger partial charge in [0.05, 0.1) is 25.4 Å². The molecule has 0 radical (unpaired) electrons. The Kier molecular flexibility index (Phi) is 5.94. The Morgan fingerprint density at radius 3 is 2.63 bits per heavy atom. The molecule has 1 aromatic heterocycles. The molecule has 2 aromatic rings. The molecule has 0 saturated heterocycles. The molecule has 0 bridgehead atoms. The summed E-state index contributed by atoms with van der Waals surface area (Å²) in [6.07, 6.45) is 3.01. The normalized spacial score (nSPS) is 11.1. The highest BCUT2D eigenvalue weighted by Crippen LogP contribution is 2.26. The fraction of sp³-hybridized carbons (Fsp3) is 0.389. The van der Waals surface area contributed by atoms with E-state index in [0.29, 0.717) is 30.1 Å². The van der Waals surface area contributed by atoms with Gasteiger partial charge in [0, 0.05) is 24.0 Å². The molecular formula is C18H26N6O3. The molecule has 0 saturated carbocycles. The Morgan fingerprint density at radius 1 is 1.33 bits per heavy atom. The highest BCUT2D eigenvalue weighted by molar-refractivity contribution is 6.02. The van der Waals surface area contributed by atoms with Gasteiger partial charge in [-0.2, -0.15) is 5.10 Å². The molecule has 0 atom stereocenters. The molecule has 9 heteroatoms. The number of benzene rings is 1. The average Bonchev–Trinajstić information content (AvgIpc) is 2.97. The number of methoxy groups -OCH3 is 1. The molecule has 0 spiro atoms. The number of anilines is 1. The summed E-state index contributed by atoms with van der Waals surface area (Å²) < 4.78 is 12.2. The van der Waals surface area contributed by atoms with E-state index in [2.05, 4.69) is 10.4 Å². The summed E-state index contributed by atoms with van der Waals surface area (Å²) >= 11 is 0. The molecule has 0 aliphatic rings. The van der Waals surface area contributed by atoms with Crippen LogP contribution in [0.1, 0.15) is 37.5 Å². The molecule has 27 heavy (non-hydrogen) atoms. The number of amidine groups is 1. The van der Waals surface area contributed by atoms with Crippen molar-refractivity contribution in [3.05, 3.63) is 41.2 Å². The minimum Gasteiger partial charge on any atom is -0.496 e. The van der Waals surface area contributed by atoms with Crippen LogP contribution in [0.3, 0.4) is 0 Å². The molecule has 9 nitrogen and oxygen atoms in total. The topological polar surface area (TPSA) is 141 Å². The van der Waals surface area contributed by atoms with Crippen molar-refractivity contribution in [1.29, 1.82) is 5.41 Å². The SMILES string of the molecule is COc1cc(Cn2cc(CNC(=O)OC(C)(C)C)cn2)cc(N)c1C(=N)N. The van der Waals surface area contributed by atoms with Crippen molar-refractivity contribution in [3.63, 3.8) is 0 Å². The highest BCUT2D eigenvalue weighted by atomic mass is 16.6. The molecule has 0 aliphatic carbocycles. The molecule has 1 amide bonds. The summed E-state index contributed by atoms with van der Waals surface area (Å²) in [6, 6.07) is 3.51. The van der Waals surface area contributed by atoms with Gasteiger partial charge in [0.1, 0.15) is 17.2 Å². The first kappa shape index (κ1) is 20.1. The van der Waals surface area contributed by atoms with Gasteiger partial charge in [0.25, 0.3) is 0 Å². The van der Waals surface area contributed by atoms with Crippen molar-refractivity contribution in [3.8, 4) is 5.75 Å². The maximum Gasteiger partial charge on any atom is 0.407 e. The minimum atomic E-state index is -0.542. The molecule has 0 unspecified atom stereocenters. The molecule has 146 valence electrons. The lowest BCUT2D eigenvalue weighted by molar-refractivity contribution is 0.0523. The number of hydrogen-bond acceptors (Lipinski definition) is 6. The number of carbonyl (C=O) groups is 1. The Bertz CT molecular complexity index is 838. The zero-order valence-electron chi connectivity index (χ0n) is 16.0. The zero-order valence-corrected chi connectivity index (χ0v) is 16.0. The number of rotatable bonds is 6. The third kappa shape index (κ3) is 5.63. The molecule has 1 heterocycles. The van der Waals surface area contributed by atoms with Crippen molar-refractivity contribution in [1.82, 2.24) is 15.1 Å². The fourth-order valence-corrected chi connectivity index (χ4v) is 2.50. The maximum absolute atomic E-state index is 11.7. The van der Waals surface area contributed by atoms with E-state index in [4.69, 9.17) is 26.4 Å². The molecule has 0 fully saturated rings. The smallest absolute Gasteiger partial charge is 0.407 e. The maximum atomic E-state index is 11.7. The lowest BCUT2D eigenvalue weighted by Crippen LogP contribution is -2.32. The summed E-state index contributed by atoms with van der Waals surface area (Å²) in [7, 11) is 1.50. The quantitative estimate of drug-likeness (QED) is 0.345. The fourth-order valence-electron chi connectivity index (χ4n) is 2.50. The van der Waals surface area contributed by atoms with E-state index in [1.54, 1.807) is 23.0 Å². The number of nitrogens with one attached hydrogen (secondary N) is 2. The summed E-state index contributed by atoms with van der Waals surface area (Å²) in [4.78, 5) is 11.7. The summed E-state index contributed by atoms with van der Waals surface area (Å²) in [5.41, 5.74) is 13.4. The van der Waals surface area contributed by atoms with Gasteiger partial charge in [-0.05, 0) is 38.5 Å². The predicted molar refractivity (Wildman–Crippen MR) is 103 cm³/mol. The first-order valence-corrected chi connectivity index (χ1v) is 8.38. The Labute approximate surface area is 158 Å². The van der Waals surface area contributed by atoms with E-state index in [-0.39, 0.29) is 5.84 Å². The van der Waals surface area contributed by atoms with Crippen molar-refractivity contribution >= 4 is 17.6 Å². The third-order valence-electron chi connectivity index (χ3n) is 3.55. The zero-order chi connectivity index (χ0) is 20.2.